The van der Waals surface area contributed by atoms with Crippen molar-refractivity contribution in [1.82, 2.24) is 9.88 Å². The van der Waals surface area contributed by atoms with E-state index in [0.29, 0.717) is 42.5 Å². The summed E-state index contributed by atoms with van der Waals surface area (Å²) in [4.78, 5) is 21.2. The molecule has 1 saturated heterocycles. The van der Waals surface area contributed by atoms with E-state index in [4.69, 9.17) is 11.6 Å². The van der Waals surface area contributed by atoms with E-state index in [-0.39, 0.29) is 10.8 Å². The van der Waals surface area contributed by atoms with Crippen molar-refractivity contribution >= 4 is 39.0 Å². The number of anilines is 2. The number of halogens is 1. The van der Waals surface area contributed by atoms with E-state index in [1.54, 1.807) is 47.5 Å². The van der Waals surface area contributed by atoms with Crippen LogP contribution >= 0.6 is 11.6 Å². The Labute approximate surface area is 192 Å². The highest BCUT2D eigenvalue weighted by Crippen LogP contribution is 2.20. The van der Waals surface area contributed by atoms with Crippen molar-refractivity contribution in [2.75, 3.05) is 35.8 Å². The zero-order valence-electron chi connectivity index (χ0n) is 17.5. The second-order valence-electron chi connectivity index (χ2n) is 7.62. The van der Waals surface area contributed by atoms with E-state index < -0.39 is 10.0 Å². The minimum atomic E-state index is -3.81. The Kier molecular flexibility index (Phi) is 6.34. The zero-order valence-corrected chi connectivity index (χ0v) is 19.1. The Morgan fingerprint density at radius 2 is 1.75 bits per heavy atom. The van der Waals surface area contributed by atoms with Gasteiger partial charge in [-0.1, -0.05) is 29.8 Å². The summed E-state index contributed by atoms with van der Waals surface area (Å²) in [5.41, 5.74) is 1.77. The van der Waals surface area contributed by atoms with Crippen LogP contribution in [0.1, 0.15) is 15.9 Å². The zero-order chi connectivity index (χ0) is 22.7. The van der Waals surface area contributed by atoms with Crippen LogP contribution in [0, 0.1) is 6.92 Å². The highest BCUT2D eigenvalue weighted by atomic mass is 35.5. The first-order chi connectivity index (χ1) is 15.3. The fourth-order valence-corrected chi connectivity index (χ4v) is 4.80. The van der Waals surface area contributed by atoms with E-state index in [1.807, 2.05) is 19.1 Å². The number of aromatic nitrogens is 1. The molecule has 1 amide bonds. The van der Waals surface area contributed by atoms with Gasteiger partial charge in [-0.2, -0.15) is 0 Å². The first-order valence-corrected chi connectivity index (χ1v) is 12.0. The van der Waals surface area contributed by atoms with E-state index in [0.717, 1.165) is 11.4 Å². The van der Waals surface area contributed by atoms with Crippen LogP contribution in [-0.4, -0.2) is 50.4 Å². The summed E-state index contributed by atoms with van der Waals surface area (Å²) in [5, 5.41) is 0.578. The lowest BCUT2D eigenvalue weighted by molar-refractivity contribution is 0.0746. The summed E-state index contributed by atoms with van der Waals surface area (Å²) in [6.45, 7) is 4.18. The average molecular weight is 471 g/mol. The number of nitrogens with zero attached hydrogens (tertiary/aromatic N) is 3. The van der Waals surface area contributed by atoms with Crippen molar-refractivity contribution < 1.29 is 13.2 Å². The van der Waals surface area contributed by atoms with Gasteiger partial charge >= 0.3 is 0 Å². The number of pyridine rings is 1. The number of benzene rings is 2. The van der Waals surface area contributed by atoms with Gasteiger partial charge in [-0.15, -0.1) is 0 Å². The molecule has 1 fully saturated rings. The normalized spacial score (nSPS) is 14.3. The monoisotopic (exact) mass is 470 g/mol. The smallest absolute Gasteiger partial charge is 0.261 e. The Morgan fingerprint density at radius 3 is 2.44 bits per heavy atom. The maximum Gasteiger partial charge on any atom is 0.261 e. The van der Waals surface area contributed by atoms with Crippen LogP contribution in [0.2, 0.25) is 5.02 Å². The van der Waals surface area contributed by atoms with E-state index in [2.05, 4.69) is 14.6 Å². The van der Waals surface area contributed by atoms with Gasteiger partial charge in [-0.05, 0) is 55.0 Å². The van der Waals surface area contributed by atoms with Gasteiger partial charge in [0.15, 0.2) is 0 Å². The molecule has 1 aromatic heterocycles. The summed E-state index contributed by atoms with van der Waals surface area (Å²) in [6.07, 6.45) is 1.60. The quantitative estimate of drug-likeness (QED) is 0.613. The molecular formula is C23H23ClN4O3S. The molecule has 32 heavy (non-hydrogen) atoms. The Bertz CT molecular complexity index is 1220. The summed E-state index contributed by atoms with van der Waals surface area (Å²) in [5.74, 6) is 0.623. The molecule has 0 atom stereocenters. The molecule has 1 N–H and O–H groups in total. The number of rotatable bonds is 5. The van der Waals surface area contributed by atoms with E-state index >= 15 is 0 Å². The summed E-state index contributed by atoms with van der Waals surface area (Å²) >= 11 is 5.90. The van der Waals surface area contributed by atoms with Crippen molar-refractivity contribution in [3.63, 3.8) is 0 Å². The fraction of sp³-hybridized carbons (Fsp3) is 0.217. The second kappa shape index (κ2) is 9.18. The number of nitrogens with one attached hydrogen (secondary N) is 1. The maximum atomic E-state index is 13.0. The molecule has 0 spiro atoms. The molecule has 0 unspecified atom stereocenters. The first kappa shape index (κ1) is 22.1. The molecule has 3 aromatic rings. The van der Waals surface area contributed by atoms with Gasteiger partial charge in [0.05, 0.1) is 9.92 Å². The number of hydrogen-bond donors (Lipinski definition) is 1. The maximum absolute atomic E-state index is 13.0. The third-order valence-electron chi connectivity index (χ3n) is 5.26. The van der Waals surface area contributed by atoms with Gasteiger partial charge < -0.3 is 9.80 Å². The molecule has 1 aliphatic rings. The van der Waals surface area contributed by atoms with Crippen LogP contribution in [0.5, 0.6) is 0 Å². The Balaban J connectivity index is 1.45. The minimum absolute atomic E-state index is 0.0499. The predicted octanol–water partition coefficient (Wildman–Crippen LogP) is 3.81. The van der Waals surface area contributed by atoms with Gasteiger partial charge in [0.2, 0.25) is 0 Å². The van der Waals surface area contributed by atoms with Crippen LogP contribution in [0.3, 0.4) is 0 Å². The summed E-state index contributed by atoms with van der Waals surface area (Å²) in [7, 11) is -3.81. The summed E-state index contributed by atoms with van der Waals surface area (Å²) in [6, 6.07) is 16.9. The standard InChI is InChI=1S/C23H23ClN4O3S/c1-17-4-2-6-20(14-17)26-32(30,31)21-7-3-5-18(15-21)23(29)28-12-10-27(11-13-28)22-9-8-19(24)16-25-22/h2-9,14-16,26H,10-13H2,1H3. The lowest BCUT2D eigenvalue weighted by Gasteiger charge is -2.35. The molecule has 2 heterocycles. The highest BCUT2D eigenvalue weighted by molar-refractivity contribution is 7.92. The Morgan fingerprint density at radius 1 is 1.00 bits per heavy atom. The number of carbonyl (C=O) groups is 1. The molecule has 9 heteroatoms. The van der Waals surface area contributed by atoms with Crippen molar-refractivity contribution in [2.45, 2.75) is 11.8 Å². The van der Waals surface area contributed by atoms with Crippen molar-refractivity contribution in [3.8, 4) is 0 Å². The van der Waals surface area contributed by atoms with E-state index in [1.165, 1.54) is 12.1 Å². The molecule has 4 rings (SSSR count). The molecule has 1 aliphatic heterocycles. The van der Waals surface area contributed by atoms with Crippen molar-refractivity contribution in [3.05, 3.63) is 83.0 Å². The average Bonchev–Trinajstić information content (AvgIpc) is 2.79. The van der Waals surface area contributed by atoms with Gasteiger partial charge in [-0.25, -0.2) is 13.4 Å². The highest BCUT2D eigenvalue weighted by Gasteiger charge is 2.24. The number of sulfonamides is 1. The topological polar surface area (TPSA) is 82.6 Å². The van der Waals surface area contributed by atoms with E-state index in [9.17, 15) is 13.2 Å². The minimum Gasteiger partial charge on any atom is -0.353 e. The number of aryl methyl sites for hydroxylation is 1. The molecule has 7 nitrogen and oxygen atoms in total. The number of piperazine rings is 1. The predicted molar refractivity (Wildman–Crippen MR) is 126 cm³/mol. The Hall–Kier alpha value is -3.10. The number of amides is 1. The third kappa shape index (κ3) is 5.03. The summed E-state index contributed by atoms with van der Waals surface area (Å²) < 4.78 is 28.2. The van der Waals surface area contributed by atoms with Gasteiger partial charge in [0, 0.05) is 43.6 Å². The molecule has 2 aromatic carbocycles. The van der Waals surface area contributed by atoms with Gasteiger partial charge in [0.25, 0.3) is 15.9 Å². The lowest BCUT2D eigenvalue weighted by atomic mass is 10.2. The number of hydrogen-bond acceptors (Lipinski definition) is 5. The van der Waals surface area contributed by atoms with Crippen LogP contribution in [0.15, 0.2) is 71.8 Å². The third-order valence-corrected chi connectivity index (χ3v) is 6.87. The van der Waals surface area contributed by atoms with Crippen molar-refractivity contribution in [2.24, 2.45) is 0 Å². The van der Waals surface area contributed by atoms with Gasteiger partial charge in [0.1, 0.15) is 5.82 Å². The lowest BCUT2D eigenvalue weighted by Crippen LogP contribution is -2.49. The largest absolute Gasteiger partial charge is 0.353 e. The molecular weight excluding hydrogens is 448 g/mol. The van der Waals surface area contributed by atoms with Crippen LogP contribution in [0.25, 0.3) is 0 Å². The van der Waals surface area contributed by atoms with Crippen LogP contribution in [-0.2, 0) is 10.0 Å². The van der Waals surface area contributed by atoms with Crippen LogP contribution < -0.4 is 9.62 Å². The first-order valence-electron chi connectivity index (χ1n) is 10.2. The molecule has 0 bridgehead atoms. The van der Waals surface area contributed by atoms with Crippen molar-refractivity contribution in [1.29, 1.82) is 0 Å². The SMILES string of the molecule is Cc1cccc(NS(=O)(=O)c2cccc(C(=O)N3CCN(c4ccc(Cl)cn4)CC3)c2)c1. The number of carbonyl (C=O) groups excluding carboxylic acids is 1. The molecule has 0 radical (unpaired) electrons. The molecule has 166 valence electrons. The fourth-order valence-electron chi connectivity index (χ4n) is 3.60. The van der Waals surface area contributed by atoms with Gasteiger partial charge in [-0.3, -0.25) is 9.52 Å². The molecule has 0 aliphatic carbocycles. The second-order valence-corrected chi connectivity index (χ2v) is 9.74. The van der Waals surface area contributed by atoms with Crippen LogP contribution in [0.4, 0.5) is 11.5 Å². The molecule has 0 saturated carbocycles.